The zero-order valence-electron chi connectivity index (χ0n) is 28.2. The number of ketones is 2. The molecule has 2 N–H and O–H groups in total. The van der Waals surface area contributed by atoms with Crippen LogP contribution in [0.15, 0.2) is 66.0 Å². The fraction of sp³-hybridized carbons (Fsp3) is 0.500. The molecule has 1 heterocycles. The van der Waals surface area contributed by atoms with Gasteiger partial charge in [0.2, 0.25) is 5.78 Å². The standard InChI is InChI=1S/C38H39Cl2F2NO7/c1-34(2)49-31-17-22-23-16-27(41)24-15-21(44)12-13-35(24,3)37(23,42)29(45)18-36(22,4)38(31,50-34)30(46)19-48-32(47)14-20-8-5-6-11-28(20)43-33-25(39)9-7-10-26(33)40/h5-13,22-23,29,31,43,45H,14-19H2,1-4H3/t22?,23?,29-,31+,35?,36?,37-,38+/m0/s1. The number of aliphatic hydroxyl groups excluding tert-OH is 1. The lowest BCUT2D eigenvalue weighted by Crippen LogP contribution is -2.70. The highest BCUT2D eigenvalue weighted by Gasteiger charge is 2.80. The number of hydrogen-bond donors (Lipinski definition) is 2. The van der Waals surface area contributed by atoms with Gasteiger partial charge in [0.05, 0.1) is 34.4 Å². The minimum atomic E-state index is -2.32. The largest absolute Gasteiger partial charge is 0.457 e. The predicted molar refractivity (Wildman–Crippen MR) is 182 cm³/mol. The van der Waals surface area contributed by atoms with Gasteiger partial charge in [0.15, 0.2) is 29.4 Å². The molecule has 0 amide bonds. The molecular formula is C38H39Cl2F2NO7. The topological polar surface area (TPSA) is 111 Å². The van der Waals surface area contributed by atoms with Gasteiger partial charge in [0.1, 0.15) is 5.83 Å². The summed E-state index contributed by atoms with van der Waals surface area (Å²) in [6.45, 7) is 5.96. The number of alkyl halides is 1. The molecule has 266 valence electrons. The second-order valence-corrected chi connectivity index (χ2v) is 15.9. The summed E-state index contributed by atoms with van der Waals surface area (Å²) in [6.07, 6.45) is -0.668. The van der Waals surface area contributed by atoms with Crippen LogP contribution >= 0.6 is 23.2 Å². The van der Waals surface area contributed by atoms with Crippen LogP contribution in [0.1, 0.15) is 58.9 Å². The van der Waals surface area contributed by atoms with Gasteiger partial charge in [0, 0.05) is 35.3 Å². The highest BCUT2D eigenvalue weighted by Crippen LogP contribution is 2.72. The van der Waals surface area contributed by atoms with E-state index in [1.165, 1.54) is 19.1 Å². The molecule has 4 unspecified atom stereocenters. The Balaban J connectivity index is 1.15. The molecule has 8 atom stereocenters. The molecule has 3 fully saturated rings. The van der Waals surface area contributed by atoms with Crippen LogP contribution in [0, 0.1) is 22.7 Å². The molecule has 8 nitrogen and oxygen atoms in total. The minimum absolute atomic E-state index is 0.0580. The Bertz CT molecular complexity index is 1850. The van der Waals surface area contributed by atoms with E-state index in [0.29, 0.717) is 27.0 Å². The van der Waals surface area contributed by atoms with Gasteiger partial charge >= 0.3 is 5.97 Å². The number of anilines is 2. The number of benzene rings is 2. The zero-order chi connectivity index (χ0) is 36.0. The van der Waals surface area contributed by atoms with Crippen molar-refractivity contribution in [3.8, 4) is 0 Å². The van der Waals surface area contributed by atoms with Crippen molar-refractivity contribution in [2.75, 3.05) is 11.9 Å². The SMILES string of the molecule is CC1(C)O[C@@H]2CC3C4CC(F)=C5CC(=O)C=CC5(C)[C@@]4(F)[C@@H](O)CC3(C)[C@]2(C(=O)COC(=O)Cc2ccccc2Nc2c(Cl)cccc2Cl)O1. The first kappa shape index (κ1) is 35.3. The summed E-state index contributed by atoms with van der Waals surface area (Å²) in [5.74, 6) is -5.09. The number of Topliss-reactive ketones (excluding diaryl/α,β-unsaturated/α-hetero) is 1. The van der Waals surface area contributed by atoms with E-state index >= 15 is 8.78 Å². The van der Waals surface area contributed by atoms with Gasteiger partial charge in [-0.25, -0.2) is 8.78 Å². The van der Waals surface area contributed by atoms with E-state index in [2.05, 4.69) is 5.32 Å². The summed E-state index contributed by atoms with van der Waals surface area (Å²) in [6, 6.07) is 12.1. The summed E-state index contributed by atoms with van der Waals surface area (Å²) >= 11 is 12.7. The minimum Gasteiger partial charge on any atom is -0.457 e. The number of carbonyl (C=O) groups is 3. The summed E-state index contributed by atoms with van der Waals surface area (Å²) in [5.41, 5.74) is -5.14. The number of nitrogens with one attached hydrogen (secondary N) is 1. The first-order chi connectivity index (χ1) is 23.5. The average Bonchev–Trinajstić information content (AvgIpc) is 3.46. The molecule has 7 rings (SSSR count). The number of rotatable bonds is 7. The third-order valence-corrected chi connectivity index (χ3v) is 12.6. The van der Waals surface area contributed by atoms with Crippen molar-refractivity contribution >= 4 is 52.1 Å². The second-order valence-electron chi connectivity index (χ2n) is 15.1. The fourth-order valence-corrected chi connectivity index (χ4v) is 10.3. The molecule has 5 aliphatic rings. The van der Waals surface area contributed by atoms with E-state index in [1.807, 2.05) is 0 Å². The Morgan fingerprint density at radius 2 is 1.76 bits per heavy atom. The number of ether oxygens (including phenoxy) is 3. The molecule has 0 radical (unpaired) electrons. The van der Waals surface area contributed by atoms with Crippen molar-refractivity contribution in [3.05, 3.63) is 81.6 Å². The Hall–Kier alpha value is -3.15. The molecule has 2 saturated carbocycles. The van der Waals surface area contributed by atoms with E-state index in [-0.39, 0.29) is 43.5 Å². The van der Waals surface area contributed by atoms with Crippen LogP contribution in [0.5, 0.6) is 0 Å². The van der Waals surface area contributed by atoms with E-state index < -0.39 is 76.1 Å². The van der Waals surface area contributed by atoms with Crippen molar-refractivity contribution in [1.29, 1.82) is 0 Å². The average molecular weight is 731 g/mol. The lowest BCUT2D eigenvalue weighted by atomic mass is 9.45. The van der Waals surface area contributed by atoms with Crippen LogP contribution in [0.2, 0.25) is 10.0 Å². The van der Waals surface area contributed by atoms with Crippen molar-refractivity contribution in [2.45, 2.75) is 89.1 Å². The number of allylic oxidation sites excluding steroid dienone is 4. The first-order valence-corrected chi connectivity index (χ1v) is 17.6. The Labute approximate surface area is 299 Å². The predicted octanol–water partition coefficient (Wildman–Crippen LogP) is 7.56. The molecule has 50 heavy (non-hydrogen) atoms. The van der Waals surface area contributed by atoms with Crippen molar-refractivity contribution in [1.82, 2.24) is 0 Å². The monoisotopic (exact) mass is 729 g/mol. The highest BCUT2D eigenvalue weighted by molar-refractivity contribution is 6.39. The summed E-state index contributed by atoms with van der Waals surface area (Å²) < 4.78 is 51.9. The molecule has 1 saturated heterocycles. The zero-order valence-corrected chi connectivity index (χ0v) is 29.7. The van der Waals surface area contributed by atoms with E-state index in [9.17, 15) is 19.5 Å². The van der Waals surface area contributed by atoms with Gasteiger partial charge < -0.3 is 24.6 Å². The summed E-state index contributed by atoms with van der Waals surface area (Å²) in [4.78, 5) is 39.9. The number of fused-ring (bicyclic) bond motifs is 7. The van der Waals surface area contributed by atoms with Gasteiger partial charge in [-0.05, 0) is 74.9 Å². The Morgan fingerprint density at radius 3 is 2.48 bits per heavy atom. The number of carbonyl (C=O) groups excluding carboxylic acids is 3. The van der Waals surface area contributed by atoms with Crippen LogP contribution < -0.4 is 5.32 Å². The second kappa shape index (κ2) is 12.0. The third-order valence-electron chi connectivity index (χ3n) is 12.0. The number of aliphatic hydroxyl groups is 1. The van der Waals surface area contributed by atoms with Crippen LogP contribution in [0.4, 0.5) is 20.2 Å². The molecule has 1 aliphatic heterocycles. The Morgan fingerprint density at radius 1 is 1.06 bits per heavy atom. The fourth-order valence-electron chi connectivity index (χ4n) is 9.78. The number of hydrogen-bond acceptors (Lipinski definition) is 8. The Kier molecular flexibility index (Phi) is 8.43. The van der Waals surface area contributed by atoms with Gasteiger partial charge in [0.25, 0.3) is 0 Å². The summed E-state index contributed by atoms with van der Waals surface area (Å²) in [5, 5.41) is 15.7. The van der Waals surface area contributed by atoms with Crippen LogP contribution in [-0.4, -0.2) is 58.5 Å². The van der Waals surface area contributed by atoms with E-state index in [4.69, 9.17) is 37.4 Å². The van der Waals surface area contributed by atoms with Gasteiger partial charge in [-0.15, -0.1) is 0 Å². The maximum absolute atomic E-state index is 17.7. The van der Waals surface area contributed by atoms with E-state index in [0.717, 1.165) is 0 Å². The first-order valence-electron chi connectivity index (χ1n) is 16.8. The lowest BCUT2D eigenvalue weighted by molar-refractivity contribution is -0.244. The molecule has 0 aromatic heterocycles. The van der Waals surface area contributed by atoms with Crippen molar-refractivity contribution in [2.24, 2.45) is 22.7 Å². The number of halogens is 4. The van der Waals surface area contributed by atoms with Crippen molar-refractivity contribution < 1.29 is 42.5 Å². The molecule has 12 heteroatoms. The van der Waals surface area contributed by atoms with Gasteiger partial charge in [-0.2, -0.15) is 0 Å². The normalized spacial score (nSPS) is 36.7. The van der Waals surface area contributed by atoms with Gasteiger partial charge in [-0.3, -0.25) is 14.4 Å². The molecule has 0 spiro atoms. The van der Waals surface area contributed by atoms with Crippen LogP contribution in [-0.2, 0) is 35.0 Å². The molecule has 2 aromatic carbocycles. The highest BCUT2D eigenvalue weighted by atomic mass is 35.5. The molecule has 2 aromatic rings. The number of para-hydroxylation sites is 2. The van der Waals surface area contributed by atoms with Crippen LogP contribution in [0.25, 0.3) is 0 Å². The van der Waals surface area contributed by atoms with E-state index in [1.54, 1.807) is 63.2 Å². The van der Waals surface area contributed by atoms with Gasteiger partial charge in [-0.1, -0.05) is 60.5 Å². The maximum Gasteiger partial charge on any atom is 0.310 e. The smallest absolute Gasteiger partial charge is 0.310 e. The third kappa shape index (κ3) is 5.04. The quantitative estimate of drug-likeness (QED) is 0.281. The molecule has 4 aliphatic carbocycles. The van der Waals surface area contributed by atoms with Crippen molar-refractivity contribution in [3.63, 3.8) is 0 Å². The van der Waals surface area contributed by atoms with Crippen LogP contribution in [0.3, 0.4) is 0 Å². The summed E-state index contributed by atoms with van der Waals surface area (Å²) in [7, 11) is 0. The lowest BCUT2D eigenvalue weighted by Gasteiger charge is -2.62. The molecule has 0 bridgehead atoms. The number of esters is 1. The molecular weight excluding hydrogens is 691 g/mol. The maximum atomic E-state index is 17.7.